The second-order valence-corrected chi connectivity index (χ2v) is 5.63. The van der Waals surface area contributed by atoms with E-state index < -0.39 is 5.41 Å². The van der Waals surface area contributed by atoms with E-state index in [0.29, 0.717) is 12.8 Å². The molecule has 1 aliphatic rings. The lowest BCUT2D eigenvalue weighted by Crippen LogP contribution is -2.51. The van der Waals surface area contributed by atoms with E-state index in [-0.39, 0.29) is 23.3 Å². The standard InChI is InChI=1S/C13H23N3O2S/c1-15-10(17)9-16(2)12(18)13(11(14)19)7-5-3-4-6-8-13/h3-9H2,1-2H3,(H2,14,19)(H,15,17). The molecule has 6 heteroatoms. The lowest BCUT2D eigenvalue weighted by molar-refractivity contribution is -0.140. The summed E-state index contributed by atoms with van der Waals surface area (Å²) in [6.45, 7) is 0.0414. The summed E-state index contributed by atoms with van der Waals surface area (Å²) in [5, 5.41) is 2.51. The monoisotopic (exact) mass is 285 g/mol. The number of amides is 2. The largest absolute Gasteiger partial charge is 0.392 e. The number of nitrogens with zero attached hydrogens (tertiary/aromatic N) is 1. The van der Waals surface area contributed by atoms with Crippen molar-refractivity contribution < 1.29 is 9.59 Å². The van der Waals surface area contributed by atoms with E-state index in [1.54, 1.807) is 14.1 Å². The summed E-state index contributed by atoms with van der Waals surface area (Å²) in [6.07, 6.45) is 5.51. The highest BCUT2D eigenvalue weighted by Gasteiger charge is 2.43. The molecule has 1 fully saturated rings. The number of hydrogen-bond acceptors (Lipinski definition) is 3. The minimum absolute atomic E-state index is 0.0414. The highest BCUT2D eigenvalue weighted by Crippen LogP contribution is 2.37. The number of nitrogens with one attached hydrogen (secondary N) is 1. The highest BCUT2D eigenvalue weighted by molar-refractivity contribution is 7.80. The van der Waals surface area contributed by atoms with Gasteiger partial charge in [0.1, 0.15) is 0 Å². The third-order valence-electron chi connectivity index (χ3n) is 3.84. The number of carbonyl (C=O) groups excluding carboxylic acids is 2. The Bertz CT molecular complexity index is 363. The first-order valence-electron chi connectivity index (χ1n) is 6.70. The fourth-order valence-electron chi connectivity index (χ4n) is 2.63. The molecule has 0 radical (unpaired) electrons. The van der Waals surface area contributed by atoms with E-state index in [1.807, 2.05) is 0 Å². The van der Waals surface area contributed by atoms with Crippen LogP contribution in [0.1, 0.15) is 38.5 Å². The molecule has 5 nitrogen and oxygen atoms in total. The van der Waals surface area contributed by atoms with Crippen molar-refractivity contribution >= 4 is 29.0 Å². The highest BCUT2D eigenvalue weighted by atomic mass is 32.1. The van der Waals surface area contributed by atoms with E-state index in [2.05, 4.69) is 5.32 Å². The summed E-state index contributed by atoms with van der Waals surface area (Å²) < 4.78 is 0. The van der Waals surface area contributed by atoms with Gasteiger partial charge in [-0.25, -0.2) is 0 Å². The first-order chi connectivity index (χ1) is 8.94. The smallest absolute Gasteiger partial charge is 0.239 e. The van der Waals surface area contributed by atoms with Crippen LogP contribution in [0.5, 0.6) is 0 Å². The van der Waals surface area contributed by atoms with Crippen molar-refractivity contribution in [3.8, 4) is 0 Å². The van der Waals surface area contributed by atoms with Crippen molar-refractivity contribution in [2.24, 2.45) is 11.1 Å². The molecule has 0 saturated heterocycles. The van der Waals surface area contributed by atoms with Crippen molar-refractivity contribution in [2.45, 2.75) is 38.5 Å². The molecule has 19 heavy (non-hydrogen) atoms. The van der Waals surface area contributed by atoms with E-state index in [4.69, 9.17) is 18.0 Å². The van der Waals surface area contributed by atoms with E-state index >= 15 is 0 Å². The van der Waals surface area contributed by atoms with Crippen LogP contribution >= 0.6 is 12.2 Å². The fourth-order valence-corrected chi connectivity index (χ4v) is 2.92. The van der Waals surface area contributed by atoms with Gasteiger partial charge in [-0.3, -0.25) is 9.59 Å². The third kappa shape index (κ3) is 3.65. The van der Waals surface area contributed by atoms with E-state index in [1.165, 1.54) is 4.90 Å². The number of rotatable bonds is 4. The van der Waals surface area contributed by atoms with Gasteiger partial charge in [0.2, 0.25) is 11.8 Å². The summed E-state index contributed by atoms with van der Waals surface area (Å²) in [5.74, 6) is -0.312. The molecule has 1 saturated carbocycles. The Morgan fingerprint density at radius 3 is 2.21 bits per heavy atom. The minimum Gasteiger partial charge on any atom is -0.392 e. The zero-order chi connectivity index (χ0) is 14.5. The molecule has 0 aliphatic heterocycles. The summed E-state index contributed by atoms with van der Waals surface area (Å²) in [4.78, 5) is 25.7. The summed E-state index contributed by atoms with van der Waals surface area (Å²) >= 11 is 5.16. The first kappa shape index (κ1) is 15.9. The van der Waals surface area contributed by atoms with Gasteiger partial charge < -0.3 is 16.0 Å². The molecule has 0 unspecified atom stereocenters. The Morgan fingerprint density at radius 2 is 1.79 bits per heavy atom. The average molecular weight is 285 g/mol. The molecule has 0 aromatic rings. The molecule has 0 atom stereocenters. The van der Waals surface area contributed by atoms with Gasteiger partial charge in [0.05, 0.1) is 16.9 Å². The molecule has 108 valence electrons. The molecule has 1 aliphatic carbocycles. The van der Waals surface area contributed by atoms with Crippen LogP contribution < -0.4 is 11.1 Å². The van der Waals surface area contributed by atoms with Gasteiger partial charge in [0.15, 0.2) is 0 Å². The average Bonchev–Trinajstić information content (AvgIpc) is 2.64. The van der Waals surface area contributed by atoms with Gasteiger partial charge in [0, 0.05) is 14.1 Å². The van der Waals surface area contributed by atoms with Crippen LogP contribution in [0.15, 0.2) is 0 Å². The maximum absolute atomic E-state index is 12.6. The predicted octanol–water partition coefficient (Wildman–Crippen LogP) is 0.817. The van der Waals surface area contributed by atoms with Crippen LogP contribution in [0.3, 0.4) is 0 Å². The quantitative estimate of drug-likeness (QED) is 0.592. The summed E-state index contributed by atoms with van der Waals surface area (Å²) in [6, 6.07) is 0. The van der Waals surface area contributed by atoms with Crippen molar-refractivity contribution in [2.75, 3.05) is 20.6 Å². The van der Waals surface area contributed by atoms with Crippen molar-refractivity contribution in [3.63, 3.8) is 0 Å². The Kier molecular flexibility index (Phi) is 5.72. The number of likely N-dealkylation sites (N-methyl/N-ethyl adjacent to an activating group) is 2. The maximum atomic E-state index is 12.6. The molecule has 0 aromatic heterocycles. The van der Waals surface area contributed by atoms with Gasteiger partial charge in [0.25, 0.3) is 0 Å². The second-order valence-electron chi connectivity index (χ2n) is 5.19. The van der Waals surface area contributed by atoms with Gasteiger partial charge in [-0.15, -0.1) is 0 Å². The minimum atomic E-state index is -0.755. The van der Waals surface area contributed by atoms with Crippen LogP contribution in [0.2, 0.25) is 0 Å². The number of nitrogens with two attached hydrogens (primary N) is 1. The van der Waals surface area contributed by atoms with Gasteiger partial charge >= 0.3 is 0 Å². The number of carbonyl (C=O) groups is 2. The van der Waals surface area contributed by atoms with Crippen molar-refractivity contribution in [1.29, 1.82) is 0 Å². The molecule has 0 heterocycles. The maximum Gasteiger partial charge on any atom is 0.239 e. The molecule has 2 amide bonds. The van der Waals surface area contributed by atoms with Crippen molar-refractivity contribution in [3.05, 3.63) is 0 Å². The Balaban J connectivity index is 2.88. The summed E-state index contributed by atoms with van der Waals surface area (Å²) in [7, 11) is 3.18. The summed E-state index contributed by atoms with van der Waals surface area (Å²) in [5.41, 5.74) is 5.10. The molecule has 3 N–H and O–H groups in total. The lowest BCUT2D eigenvalue weighted by atomic mass is 9.79. The molecule has 0 aromatic carbocycles. The van der Waals surface area contributed by atoms with Crippen LogP contribution in [0, 0.1) is 5.41 Å². The number of hydrogen-bond donors (Lipinski definition) is 2. The van der Waals surface area contributed by atoms with Gasteiger partial charge in [-0.2, -0.15) is 0 Å². The lowest BCUT2D eigenvalue weighted by Gasteiger charge is -2.34. The molecular weight excluding hydrogens is 262 g/mol. The Labute approximate surface area is 119 Å². The van der Waals surface area contributed by atoms with Crippen LogP contribution in [-0.2, 0) is 9.59 Å². The van der Waals surface area contributed by atoms with Crippen molar-refractivity contribution in [1.82, 2.24) is 10.2 Å². The molecule has 0 bridgehead atoms. The third-order valence-corrected chi connectivity index (χ3v) is 4.24. The van der Waals surface area contributed by atoms with Gasteiger partial charge in [-0.05, 0) is 12.8 Å². The molecule has 0 spiro atoms. The second kappa shape index (κ2) is 6.84. The first-order valence-corrected chi connectivity index (χ1v) is 7.11. The SMILES string of the molecule is CNC(=O)CN(C)C(=O)C1(C(N)=S)CCCCCC1. The van der Waals surface area contributed by atoms with Gasteiger partial charge in [-0.1, -0.05) is 37.9 Å². The van der Waals surface area contributed by atoms with Crippen LogP contribution in [0.25, 0.3) is 0 Å². The van der Waals surface area contributed by atoms with Crippen LogP contribution in [0.4, 0.5) is 0 Å². The Hall–Kier alpha value is -1.17. The normalized spacial score (nSPS) is 18.2. The zero-order valence-electron chi connectivity index (χ0n) is 11.7. The van der Waals surface area contributed by atoms with E-state index in [9.17, 15) is 9.59 Å². The number of thiocarbonyl (C=S) groups is 1. The van der Waals surface area contributed by atoms with E-state index in [0.717, 1.165) is 25.7 Å². The molecule has 1 rings (SSSR count). The van der Waals surface area contributed by atoms with Crippen LogP contribution in [-0.4, -0.2) is 42.3 Å². The topological polar surface area (TPSA) is 75.4 Å². The Morgan fingerprint density at radius 1 is 1.26 bits per heavy atom. The fraction of sp³-hybridized carbons (Fsp3) is 0.769. The zero-order valence-corrected chi connectivity index (χ0v) is 12.5. The molecular formula is C13H23N3O2S. The predicted molar refractivity (Wildman–Crippen MR) is 78.6 cm³/mol.